The molecular formula is C11H19NO5. The fourth-order valence-electron chi connectivity index (χ4n) is 1.26. The number of carboxylic acid groups (broad SMARTS) is 1. The van der Waals surface area contributed by atoms with Gasteiger partial charge in [0, 0.05) is 6.42 Å². The summed E-state index contributed by atoms with van der Waals surface area (Å²) < 4.78 is 4.66. The SMILES string of the molecule is CCC[C@@H](NC(=O)CCC(=O)OCC)C(=O)O. The summed E-state index contributed by atoms with van der Waals surface area (Å²) in [6.45, 7) is 3.79. The molecule has 6 nitrogen and oxygen atoms in total. The van der Waals surface area contributed by atoms with Gasteiger partial charge in [0.05, 0.1) is 13.0 Å². The fourth-order valence-corrected chi connectivity index (χ4v) is 1.26. The van der Waals surface area contributed by atoms with Crippen LogP contribution in [0.1, 0.15) is 39.5 Å². The van der Waals surface area contributed by atoms with Crippen molar-refractivity contribution >= 4 is 17.8 Å². The molecule has 98 valence electrons. The Balaban J connectivity index is 3.98. The third-order valence-electron chi connectivity index (χ3n) is 2.07. The van der Waals surface area contributed by atoms with Crippen LogP contribution in [0.15, 0.2) is 0 Å². The summed E-state index contributed by atoms with van der Waals surface area (Å²) >= 11 is 0. The summed E-state index contributed by atoms with van der Waals surface area (Å²) in [6.07, 6.45) is 0.958. The van der Waals surface area contributed by atoms with Gasteiger partial charge in [0.15, 0.2) is 0 Å². The van der Waals surface area contributed by atoms with Gasteiger partial charge in [0.2, 0.25) is 5.91 Å². The molecule has 0 aromatic heterocycles. The zero-order valence-corrected chi connectivity index (χ0v) is 10.2. The Morgan fingerprint density at radius 1 is 1.24 bits per heavy atom. The topological polar surface area (TPSA) is 92.7 Å². The number of carbonyl (C=O) groups excluding carboxylic acids is 2. The maximum absolute atomic E-state index is 11.4. The number of nitrogens with one attached hydrogen (secondary N) is 1. The van der Waals surface area contributed by atoms with Crippen molar-refractivity contribution < 1.29 is 24.2 Å². The van der Waals surface area contributed by atoms with E-state index in [0.29, 0.717) is 12.8 Å². The van der Waals surface area contributed by atoms with E-state index in [0.717, 1.165) is 0 Å². The van der Waals surface area contributed by atoms with Crippen LogP contribution < -0.4 is 5.32 Å². The molecular weight excluding hydrogens is 226 g/mol. The molecule has 0 aliphatic rings. The molecule has 0 unspecified atom stereocenters. The number of aliphatic carboxylic acids is 1. The van der Waals surface area contributed by atoms with Crippen molar-refractivity contribution in [3.05, 3.63) is 0 Å². The first-order valence-electron chi connectivity index (χ1n) is 5.69. The lowest BCUT2D eigenvalue weighted by atomic mass is 10.1. The average molecular weight is 245 g/mol. The zero-order valence-electron chi connectivity index (χ0n) is 10.2. The number of esters is 1. The summed E-state index contributed by atoms with van der Waals surface area (Å²) in [4.78, 5) is 33.1. The van der Waals surface area contributed by atoms with E-state index in [2.05, 4.69) is 10.1 Å². The van der Waals surface area contributed by atoms with Crippen molar-refractivity contribution in [1.82, 2.24) is 5.32 Å². The Morgan fingerprint density at radius 3 is 2.35 bits per heavy atom. The van der Waals surface area contributed by atoms with Crippen LogP contribution in [0.5, 0.6) is 0 Å². The highest BCUT2D eigenvalue weighted by Gasteiger charge is 2.19. The molecule has 17 heavy (non-hydrogen) atoms. The zero-order chi connectivity index (χ0) is 13.3. The van der Waals surface area contributed by atoms with E-state index in [1.807, 2.05) is 6.92 Å². The third-order valence-corrected chi connectivity index (χ3v) is 2.07. The molecule has 0 spiro atoms. The lowest BCUT2D eigenvalue weighted by Crippen LogP contribution is -2.40. The second-order valence-electron chi connectivity index (χ2n) is 3.55. The molecule has 6 heteroatoms. The third kappa shape index (κ3) is 7.32. The molecule has 0 aliphatic heterocycles. The number of hydrogen-bond donors (Lipinski definition) is 2. The molecule has 0 aromatic carbocycles. The first kappa shape index (κ1) is 15.4. The van der Waals surface area contributed by atoms with Gasteiger partial charge >= 0.3 is 11.9 Å². The lowest BCUT2D eigenvalue weighted by molar-refractivity contribution is -0.145. The van der Waals surface area contributed by atoms with E-state index in [9.17, 15) is 14.4 Å². The summed E-state index contributed by atoms with van der Waals surface area (Å²) in [5, 5.41) is 11.2. The minimum atomic E-state index is -1.06. The normalized spacial score (nSPS) is 11.6. The second-order valence-corrected chi connectivity index (χ2v) is 3.55. The minimum absolute atomic E-state index is 0.0296. The summed E-state index contributed by atoms with van der Waals surface area (Å²) in [5.74, 6) is -1.96. The molecule has 0 fully saturated rings. The van der Waals surface area contributed by atoms with Crippen LogP contribution in [-0.2, 0) is 19.1 Å². The van der Waals surface area contributed by atoms with E-state index >= 15 is 0 Å². The van der Waals surface area contributed by atoms with Crippen molar-refractivity contribution in [3.8, 4) is 0 Å². The van der Waals surface area contributed by atoms with Gasteiger partial charge in [-0.05, 0) is 13.3 Å². The maximum atomic E-state index is 11.4. The van der Waals surface area contributed by atoms with E-state index in [4.69, 9.17) is 5.11 Å². The molecule has 1 amide bonds. The quantitative estimate of drug-likeness (QED) is 0.614. The van der Waals surface area contributed by atoms with Crippen molar-refractivity contribution in [2.24, 2.45) is 0 Å². The van der Waals surface area contributed by atoms with Crippen molar-refractivity contribution in [1.29, 1.82) is 0 Å². The Labute approximate surface area is 100 Å². The molecule has 0 rings (SSSR count). The lowest BCUT2D eigenvalue weighted by Gasteiger charge is -2.13. The van der Waals surface area contributed by atoms with Crippen LogP contribution in [0, 0.1) is 0 Å². The van der Waals surface area contributed by atoms with Gasteiger partial charge in [0.1, 0.15) is 6.04 Å². The Hall–Kier alpha value is -1.59. The van der Waals surface area contributed by atoms with Gasteiger partial charge in [-0.1, -0.05) is 13.3 Å². The molecule has 0 aromatic rings. The number of carbonyl (C=O) groups is 3. The smallest absolute Gasteiger partial charge is 0.326 e. The monoisotopic (exact) mass is 245 g/mol. The van der Waals surface area contributed by atoms with Gasteiger partial charge in [-0.25, -0.2) is 4.79 Å². The van der Waals surface area contributed by atoms with Gasteiger partial charge in [-0.15, -0.1) is 0 Å². The average Bonchev–Trinajstić information content (AvgIpc) is 2.26. The van der Waals surface area contributed by atoms with Crippen LogP contribution in [0.25, 0.3) is 0 Å². The van der Waals surface area contributed by atoms with Crippen LogP contribution in [0.4, 0.5) is 0 Å². The molecule has 1 atom stereocenters. The molecule has 2 N–H and O–H groups in total. The van der Waals surface area contributed by atoms with Crippen molar-refractivity contribution in [2.75, 3.05) is 6.61 Å². The van der Waals surface area contributed by atoms with E-state index in [-0.39, 0.29) is 19.4 Å². The number of hydrogen-bond acceptors (Lipinski definition) is 4. The summed E-state index contributed by atoms with van der Waals surface area (Å²) in [6, 6.07) is -0.880. The highest BCUT2D eigenvalue weighted by molar-refractivity contribution is 5.85. The van der Waals surface area contributed by atoms with Crippen LogP contribution in [0.3, 0.4) is 0 Å². The van der Waals surface area contributed by atoms with E-state index < -0.39 is 23.9 Å². The highest BCUT2D eigenvalue weighted by Crippen LogP contribution is 1.99. The van der Waals surface area contributed by atoms with Crippen molar-refractivity contribution in [3.63, 3.8) is 0 Å². The molecule has 0 saturated carbocycles. The van der Waals surface area contributed by atoms with Crippen LogP contribution >= 0.6 is 0 Å². The predicted molar refractivity (Wildman–Crippen MR) is 60.3 cm³/mol. The molecule has 0 aliphatic carbocycles. The maximum Gasteiger partial charge on any atom is 0.326 e. The summed E-state index contributed by atoms with van der Waals surface area (Å²) in [7, 11) is 0. The Kier molecular flexibility index (Phi) is 7.75. The number of rotatable bonds is 8. The van der Waals surface area contributed by atoms with Crippen molar-refractivity contribution in [2.45, 2.75) is 45.6 Å². The van der Waals surface area contributed by atoms with Gasteiger partial charge in [0.25, 0.3) is 0 Å². The van der Waals surface area contributed by atoms with Gasteiger partial charge in [-0.3, -0.25) is 9.59 Å². The number of carboxylic acids is 1. The largest absolute Gasteiger partial charge is 0.480 e. The molecule has 0 heterocycles. The standard InChI is InChI=1S/C11H19NO5/c1-3-5-8(11(15)16)12-9(13)6-7-10(14)17-4-2/h8H,3-7H2,1-2H3,(H,12,13)(H,15,16)/t8-/m1/s1. The number of amides is 1. The van der Waals surface area contributed by atoms with Crippen LogP contribution in [-0.4, -0.2) is 35.6 Å². The van der Waals surface area contributed by atoms with Crippen LogP contribution in [0.2, 0.25) is 0 Å². The Bertz CT molecular complexity index is 277. The Morgan fingerprint density at radius 2 is 1.88 bits per heavy atom. The van der Waals surface area contributed by atoms with Gasteiger partial charge < -0.3 is 15.2 Å². The molecule has 0 bridgehead atoms. The van der Waals surface area contributed by atoms with E-state index in [1.54, 1.807) is 6.92 Å². The number of ether oxygens (including phenoxy) is 1. The molecule has 0 saturated heterocycles. The summed E-state index contributed by atoms with van der Waals surface area (Å²) in [5.41, 5.74) is 0. The first-order valence-corrected chi connectivity index (χ1v) is 5.69. The van der Waals surface area contributed by atoms with E-state index in [1.165, 1.54) is 0 Å². The fraction of sp³-hybridized carbons (Fsp3) is 0.727. The van der Waals surface area contributed by atoms with Gasteiger partial charge in [-0.2, -0.15) is 0 Å². The highest BCUT2D eigenvalue weighted by atomic mass is 16.5. The minimum Gasteiger partial charge on any atom is -0.480 e. The predicted octanol–water partition coefficient (Wildman–Crippen LogP) is 0.699. The second kappa shape index (κ2) is 8.55. The first-order chi connectivity index (χ1) is 8.01. The molecule has 0 radical (unpaired) electrons.